The zero-order chi connectivity index (χ0) is 7.65. The van der Waals surface area contributed by atoms with E-state index in [1.54, 1.807) is 0 Å². The molecule has 0 fully saturated rings. The standard InChI is InChI=1S/C4H8BrNO2S/c1-4(5)9(7,8)6(2)3/h1H2,2-3H3. The molecule has 0 aromatic rings. The molecule has 0 spiro atoms. The van der Waals surface area contributed by atoms with Gasteiger partial charge in [0.1, 0.15) is 3.81 Å². The first-order chi connectivity index (χ1) is 3.89. The smallest absolute Gasteiger partial charge is 0.206 e. The fraction of sp³-hybridized carbons (Fsp3) is 0.500. The van der Waals surface area contributed by atoms with Gasteiger partial charge in [0, 0.05) is 14.1 Å². The van der Waals surface area contributed by atoms with Crippen LogP contribution in [-0.2, 0) is 10.0 Å². The molecule has 54 valence electrons. The van der Waals surface area contributed by atoms with Crippen LogP contribution in [-0.4, -0.2) is 26.8 Å². The van der Waals surface area contributed by atoms with Crippen LogP contribution in [0.1, 0.15) is 0 Å². The molecule has 0 N–H and O–H groups in total. The molecule has 0 atom stereocenters. The third-order valence-electron chi connectivity index (χ3n) is 0.761. The lowest BCUT2D eigenvalue weighted by Crippen LogP contribution is -2.21. The van der Waals surface area contributed by atoms with Gasteiger partial charge in [-0.15, -0.1) is 0 Å². The van der Waals surface area contributed by atoms with E-state index < -0.39 is 10.0 Å². The van der Waals surface area contributed by atoms with E-state index in [0.717, 1.165) is 4.31 Å². The summed E-state index contributed by atoms with van der Waals surface area (Å²) in [5.41, 5.74) is 0. The second-order valence-electron chi connectivity index (χ2n) is 1.64. The first-order valence-electron chi connectivity index (χ1n) is 2.16. The predicted molar refractivity (Wildman–Crippen MR) is 40.7 cm³/mol. The highest BCUT2D eigenvalue weighted by Crippen LogP contribution is 2.12. The van der Waals surface area contributed by atoms with Crippen LogP contribution in [0.5, 0.6) is 0 Å². The fourth-order valence-corrected chi connectivity index (χ4v) is 1.46. The largest absolute Gasteiger partial charge is 0.248 e. The highest BCUT2D eigenvalue weighted by atomic mass is 79.9. The Hall–Kier alpha value is 0.130. The summed E-state index contributed by atoms with van der Waals surface area (Å²) >= 11 is 2.77. The minimum absolute atomic E-state index is 0.0139. The molecule has 0 aliphatic rings. The van der Waals surface area contributed by atoms with Gasteiger partial charge in [-0.1, -0.05) is 6.58 Å². The minimum Gasteiger partial charge on any atom is -0.206 e. The molecule has 0 unspecified atom stereocenters. The third kappa shape index (κ3) is 2.08. The molecule has 0 radical (unpaired) electrons. The number of halogens is 1. The van der Waals surface area contributed by atoms with Crippen molar-refractivity contribution in [1.82, 2.24) is 4.31 Å². The molecule has 0 saturated heterocycles. The maximum Gasteiger partial charge on any atom is 0.248 e. The highest BCUT2D eigenvalue weighted by Gasteiger charge is 2.14. The van der Waals surface area contributed by atoms with E-state index in [9.17, 15) is 8.42 Å². The van der Waals surface area contributed by atoms with Crippen molar-refractivity contribution in [2.75, 3.05) is 14.1 Å². The van der Waals surface area contributed by atoms with Crippen molar-refractivity contribution >= 4 is 26.0 Å². The molecule has 3 nitrogen and oxygen atoms in total. The molecule has 0 aliphatic heterocycles. The summed E-state index contributed by atoms with van der Waals surface area (Å²) < 4.78 is 22.7. The fourth-order valence-electron chi connectivity index (χ4n) is 0.198. The maximum atomic E-state index is 10.8. The van der Waals surface area contributed by atoms with Crippen molar-refractivity contribution in [3.8, 4) is 0 Å². The quantitative estimate of drug-likeness (QED) is 0.679. The highest BCUT2D eigenvalue weighted by molar-refractivity contribution is 9.13. The Labute approximate surface area is 63.5 Å². The summed E-state index contributed by atoms with van der Waals surface area (Å²) in [6, 6.07) is 0. The van der Waals surface area contributed by atoms with E-state index in [1.165, 1.54) is 14.1 Å². The summed E-state index contributed by atoms with van der Waals surface area (Å²) in [5, 5.41) is 0. The van der Waals surface area contributed by atoms with Gasteiger partial charge in [-0.05, 0) is 15.9 Å². The van der Waals surface area contributed by atoms with Gasteiger partial charge >= 0.3 is 0 Å². The lowest BCUT2D eigenvalue weighted by molar-refractivity contribution is 0.530. The van der Waals surface area contributed by atoms with E-state index in [1.807, 2.05) is 0 Å². The van der Waals surface area contributed by atoms with Gasteiger partial charge in [0.2, 0.25) is 10.0 Å². The lowest BCUT2D eigenvalue weighted by atomic mass is 11.3. The Kier molecular flexibility index (Phi) is 2.85. The summed E-state index contributed by atoms with van der Waals surface area (Å²) in [4.78, 5) is 0. The molecule has 0 bridgehead atoms. The summed E-state index contributed by atoms with van der Waals surface area (Å²) in [6.45, 7) is 3.24. The van der Waals surface area contributed by atoms with Crippen LogP contribution in [0.25, 0.3) is 0 Å². The second-order valence-corrected chi connectivity index (χ2v) is 5.30. The van der Waals surface area contributed by atoms with E-state index >= 15 is 0 Å². The van der Waals surface area contributed by atoms with Crippen molar-refractivity contribution in [2.45, 2.75) is 0 Å². The van der Waals surface area contributed by atoms with Gasteiger partial charge in [-0.3, -0.25) is 0 Å². The molecule has 0 saturated carbocycles. The topological polar surface area (TPSA) is 37.4 Å². The molecule has 0 amide bonds. The lowest BCUT2D eigenvalue weighted by Gasteiger charge is -2.07. The van der Waals surface area contributed by atoms with E-state index in [-0.39, 0.29) is 3.81 Å². The Morgan fingerprint density at radius 3 is 1.89 bits per heavy atom. The minimum atomic E-state index is -3.26. The van der Waals surface area contributed by atoms with Crippen molar-refractivity contribution in [1.29, 1.82) is 0 Å². The van der Waals surface area contributed by atoms with Gasteiger partial charge in [-0.25, -0.2) is 12.7 Å². The Balaban J connectivity index is 4.63. The van der Waals surface area contributed by atoms with E-state index in [0.29, 0.717) is 0 Å². The van der Waals surface area contributed by atoms with Crippen LogP contribution >= 0.6 is 15.9 Å². The molecule has 0 heterocycles. The summed E-state index contributed by atoms with van der Waals surface area (Å²) in [5.74, 6) is 0. The molecule has 9 heavy (non-hydrogen) atoms. The average molecular weight is 214 g/mol. The van der Waals surface area contributed by atoms with Crippen LogP contribution in [0.3, 0.4) is 0 Å². The first-order valence-corrected chi connectivity index (χ1v) is 4.39. The number of sulfonamides is 1. The predicted octanol–water partition coefficient (Wildman–Crippen LogP) is 0.744. The molecular formula is C4H8BrNO2S. The average Bonchev–Trinajstić information content (AvgIpc) is 1.65. The second kappa shape index (κ2) is 2.81. The van der Waals surface area contributed by atoms with Crippen LogP contribution in [0.2, 0.25) is 0 Å². The van der Waals surface area contributed by atoms with Crippen molar-refractivity contribution in [3.63, 3.8) is 0 Å². The maximum absolute atomic E-state index is 10.8. The Morgan fingerprint density at radius 1 is 1.56 bits per heavy atom. The van der Waals surface area contributed by atoms with Crippen molar-refractivity contribution < 1.29 is 8.42 Å². The normalized spacial score (nSPS) is 12.0. The third-order valence-corrected chi connectivity index (χ3v) is 3.51. The zero-order valence-electron chi connectivity index (χ0n) is 5.26. The van der Waals surface area contributed by atoms with Crippen LogP contribution < -0.4 is 0 Å². The van der Waals surface area contributed by atoms with Crippen LogP contribution in [0.4, 0.5) is 0 Å². The summed E-state index contributed by atoms with van der Waals surface area (Å²) in [6.07, 6.45) is 0. The molecule has 0 aliphatic carbocycles. The SMILES string of the molecule is C=C(Br)S(=O)(=O)N(C)C. The molecular weight excluding hydrogens is 206 g/mol. The molecule has 0 aromatic carbocycles. The number of rotatable bonds is 2. The first kappa shape index (κ1) is 9.13. The van der Waals surface area contributed by atoms with Gasteiger partial charge < -0.3 is 0 Å². The van der Waals surface area contributed by atoms with Gasteiger partial charge in [-0.2, -0.15) is 0 Å². The Bertz CT molecular complexity index is 207. The van der Waals surface area contributed by atoms with E-state index in [2.05, 4.69) is 22.5 Å². The Morgan fingerprint density at radius 2 is 1.89 bits per heavy atom. The molecule has 0 rings (SSSR count). The number of hydrogen-bond acceptors (Lipinski definition) is 2. The van der Waals surface area contributed by atoms with Gasteiger partial charge in [0.05, 0.1) is 0 Å². The van der Waals surface area contributed by atoms with Crippen LogP contribution in [0.15, 0.2) is 10.4 Å². The van der Waals surface area contributed by atoms with Crippen LogP contribution in [0, 0.1) is 0 Å². The van der Waals surface area contributed by atoms with Gasteiger partial charge in [0.25, 0.3) is 0 Å². The molecule has 5 heteroatoms. The molecule has 0 aromatic heterocycles. The number of nitrogens with zero attached hydrogens (tertiary/aromatic N) is 1. The van der Waals surface area contributed by atoms with Crippen molar-refractivity contribution in [3.05, 3.63) is 10.4 Å². The zero-order valence-corrected chi connectivity index (χ0v) is 7.66. The number of hydrogen-bond donors (Lipinski definition) is 0. The van der Waals surface area contributed by atoms with E-state index in [4.69, 9.17) is 0 Å². The van der Waals surface area contributed by atoms with Crippen molar-refractivity contribution in [2.24, 2.45) is 0 Å². The summed E-state index contributed by atoms with van der Waals surface area (Å²) in [7, 11) is -0.367. The van der Waals surface area contributed by atoms with Gasteiger partial charge in [0.15, 0.2) is 0 Å². The monoisotopic (exact) mass is 213 g/mol.